The third-order valence-corrected chi connectivity index (χ3v) is 2.27. The fraction of sp³-hybridized carbons (Fsp3) is 0.538. The molecule has 71 valence electrons. The van der Waals surface area contributed by atoms with Gasteiger partial charge in [-0.15, -0.1) is 0 Å². The number of hydrogen-bond acceptors (Lipinski definition) is 0. The minimum absolute atomic E-state index is 0.233. The molecule has 1 rings (SSSR count). The van der Waals surface area contributed by atoms with E-state index in [1.165, 1.54) is 11.1 Å². The van der Waals surface area contributed by atoms with Gasteiger partial charge in [-0.2, -0.15) is 0 Å². The average molecular weight is 175 g/mol. The maximum Gasteiger partial charge on any atom is -0.0129 e. The van der Waals surface area contributed by atoms with E-state index in [0.717, 1.165) is 0 Å². The summed E-state index contributed by atoms with van der Waals surface area (Å²) < 4.78 is 0. The largest absolute Gasteiger partial charge is 0.0613 e. The van der Waals surface area contributed by atoms with Crippen LogP contribution < -0.4 is 0 Å². The molecule has 1 radical (unpaired) electrons. The second-order valence-electron chi connectivity index (χ2n) is 4.90. The van der Waals surface area contributed by atoms with Crippen molar-refractivity contribution in [3.8, 4) is 0 Å². The van der Waals surface area contributed by atoms with E-state index in [2.05, 4.69) is 52.8 Å². The molecule has 1 aromatic carbocycles. The third-order valence-electron chi connectivity index (χ3n) is 2.27. The Kier molecular flexibility index (Phi) is 2.80. The second kappa shape index (κ2) is 3.53. The lowest BCUT2D eigenvalue weighted by molar-refractivity contribution is 0.577. The first-order chi connectivity index (χ1) is 5.93. The average Bonchev–Trinajstić information content (AvgIpc) is 2.03. The van der Waals surface area contributed by atoms with Gasteiger partial charge in [-0.1, -0.05) is 52.8 Å². The van der Waals surface area contributed by atoms with E-state index in [4.69, 9.17) is 0 Å². The van der Waals surface area contributed by atoms with E-state index >= 15 is 0 Å². The first-order valence-electron chi connectivity index (χ1n) is 4.94. The smallest absolute Gasteiger partial charge is 0.0129 e. The van der Waals surface area contributed by atoms with Crippen molar-refractivity contribution >= 4 is 0 Å². The lowest BCUT2D eigenvalue weighted by Crippen LogP contribution is -2.14. The zero-order chi connectivity index (χ0) is 10.1. The minimum Gasteiger partial charge on any atom is -0.0613 e. The van der Waals surface area contributed by atoms with E-state index in [1.807, 2.05) is 6.07 Å². The Labute approximate surface area is 82.0 Å². The Hall–Kier alpha value is -0.780. The molecule has 0 heteroatoms. The van der Waals surface area contributed by atoms with Crippen LogP contribution in [0, 0.1) is 6.07 Å². The molecule has 0 amide bonds. The molecule has 0 nitrogen and oxygen atoms in total. The highest BCUT2D eigenvalue weighted by atomic mass is 14.2. The molecule has 0 saturated carbocycles. The number of benzene rings is 1. The molecule has 0 aliphatic rings. The summed E-state index contributed by atoms with van der Waals surface area (Å²) >= 11 is 0. The Morgan fingerprint density at radius 3 is 2.23 bits per heavy atom. The fourth-order valence-corrected chi connectivity index (χ4v) is 1.58. The maximum absolute atomic E-state index is 3.34. The maximum atomic E-state index is 3.34. The topological polar surface area (TPSA) is 0 Å². The van der Waals surface area contributed by atoms with Gasteiger partial charge in [0.1, 0.15) is 0 Å². The summed E-state index contributed by atoms with van der Waals surface area (Å²) in [5, 5.41) is 0. The summed E-state index contributed by atoms with van der Waals surface area (Å²) in [5.41, 5.74) is 3.01. The van der Waals surface area contributed by atoms with E-state index in [-0.39, 0.29) is 5.41 Å². The van der Waals surface area contributed by atoms with Crippen molar-refractivity contribution in [1.82, 2.24) is 0 Å². The van der Waals surface area contributed by atoms with Crippen LogP contribution in [0.3, 0.4) is 0 Å². The first-order valence-corrected chi connectivity index (χ1v) is 4.94. The first kappa shape index (κ1) is 10.3. The van der Waals surface area contributed by atoms with Gasteiger partial charge >= 0.3 is 0 Å². The van der Waals surface area contributed by atoms with Gasteiger partial charge in [-0.05, 0) is 28.5 Å². The van der Waals surface area contributed by atoms with Gasteiger partial charge in [0.15, 0.2) is 0 Å². The predicted octanol–water partition coefficient (Wildman–Crippen LogP) is 3.91. The van der Waals surface area contributed by atoms with Crippen LogP contribution >= 0.6 is 0 Å². The van der Waals surface area contributed by atoms with Crippen molar-refractivity contribution in [3.05, 3.63) is 35.4 Å². The molecule has 1 aromatic rings. The summed E-state index contributed by atoms with van der Waals surface area (Å²) in [6.45, 7) is 11.2. The van der Waals surface area contributed by atoms with Gasteiger partial charge in [0.05, 0.1) is 0 Å². The normalized spacial score (nSPS) is 12.2. The van der Waals surface area contributed by atoms with Gasteiger partial charge in [0.2, 0.25) is 0 Å². The molecule has 0 fully saturated rings. The fourth-order valence-electron chi connectivity index (χ4n) is 1.58. The minimum atomic E-state index is 0.233. The molecule has 0 aliphatic carbocycles. The van der Waals surface area contributed by atoms with Crippen molar-refractivity contribution in [1.29, 1.82) is 0 Å². The molecule has 0 saturated heterocycles. The molecule has 0 N–H and O–H groups in total. The summed E-state index contributed by atoms with van der Waals surface area (Å²) in [6.07, 6.45) is 0. The highest BCUT2D eigenvalue weighted by molar-refractivity contribution is 5.33. The van der Waals surface area contributed by atoms with E-state index in [1.54, 1.807) is 0 Å². The van der Waals surface area contributed by atoms with Crippen LogP contribution in [0.5, 0.6) is 0 Å². The van der Waals surface area contributed by atoms with Crippen molar-refractivity contribution in [2.75, 3.05) is 0 Å². The van der Waals surface area contributed by atoms with E-state index < -0.39 is 0 Å². The van der Waals surface area contributed by atoms with Gasteiger partial charge in [-0.3, -0.25) is 0 Å². The van der Waals surface area contributed by atoms with Gasteiger partial charge < -0.3 is 0 Å². The standard InChI is InChI=1S/C13H19/c1-10(2)11-8-6-7-9-12(11)13(3,4)5/h6-7,9-10H,1-5H3. The van der Waals surface area contributed by atoms with Gasteiger partial charge in [0.25, 0.3) is 0 Å². The molecular formula is C13H19. The quantitative estimate of drug-likeness (QED) is 0.607. The van der Waals surface area contributed by atoms with E-state index in [0.29, 0.717) is 5.92 Å². The summed E-state index contributed by atoms with van der Waals surface area (Å²) in [7, 11) is 0. The monoisotopic (exact) mass is 175 g/mol. The summed E-state index contributed by atoms with van der Waals surface area (Å²) in [6, 6.07) is 9.64. The van der Waals surface area contributed by atoms with Crippen LogP contribution in [0.25, 0.3) is 0 Å². The van der Waals surface area contributed by atoms with E-state index in [9.17, 15) is 0 Å². The Morgan fingerprint density at radius 2 is 1.85 bits per heavy atom. The molecule has 0 atom stereocenters. The second-order valence-corrected chi connectivity index (χ2v) is 4.90. The Balaban J connectivity index is 3.20. The van der Waals surface area contributed by atoms with Crippen molar-refractivity contribution in [2.45, 2.75) is 46.0 Å². The molecule has 0 unspecified atom stereocenters. The highest BCUT2D eigenvalue weighted by Crippen LogP contribution is 2.29. The lowest BCUT2D eigenvalue weighted by atomic mass is 9.81. The van der Waals surface area contributed by atoms with Crippen LogP contribution in [0.1, 0.15) is 51.7 Å². The van der Waals surface area contributed by atoms with Gasteiger partial charge in [-0.25, -0.2) is 0 Å². The number of hydrogen-bond donors (Lipinski definition) is 0. The Morgan fingerprint density at radius 1 is 1.23 bits per heavy atom. The number of rotatable bonds is 1. The zero-order valence-electron chi connectivity index (χ0n) is 9.31. The molecule has 0 spiro atoms. The van der Waals surface area contributed by atoms with Gasteiger partial charge in [0, 0.05) is 0 Å². The van der Waals surface area contributed by atoms with Crippen LogP contribution in [0.4, 0.5) is 0 Å². The zero-order valence-corrected chi connectivity index (χ0v) is 9.31. The van der Waals surface area contributed by atoms with Crippen molar-refractivity contribution in [2.24, 2.45) is 0 Å². The van der Waals surface area contributed by atoms with Crippen LogP contribution in [0.15, 0.2) is 18.2 Å². The van der Waals surface area contributed by atoms with Crippen LogP contribution in [0.2, 0.25) is 0 Å². The van der Waals surface area contributed by atoms with Crippen LogP contribution in [-0.2, 0) is 5.41 Å². The van der Waals surface area contributed by atoms with Crippen LogP contribution in [-0.4, -0.2) is 0 Å². The van der Waals surface area contributed by atoms with Crippen molar-refractivity contribution < 1.29 is 0 Å². The molecule has 0 bridgehead atoms. The molecule has 0 aromatic heterocycles. The molecule has 0 aliphatic heterocycles. The van der Waals surface area contributed by atoms with Crippen molar-refractivity contribution in [3.63, 3.8) is 0 Å². The summed E-state index contributed by atoms with van der Waals surface area (Å²) in [5.74, 6) is 0.565. The highest BCUT2D eigenvalue weighted by Gasteiger charge is 2.18. The predicted molar refractivity (Wildman–Crippen MR) is 58.1 cm³/mol. The summed E-state index contributed by atoms with van der Waals surface area (Å²) in [4.78, 5) is 0. The molecule has 0 heterocycles. The molecular weight excluding hydrogens is 156 g/mol. The SMILES string of the molecule is CC(C)c1[c]cccc1C(C)(C)C. The Bertz CT molecular complexity index is 276. The molecule has 13 heavy (non-hydrogen) atoms. The lowest BCUT2D eigenvalue weighted by Gasteiger charge is -2.24. The third kappa shape index (κ3) is 2.33.